The highest BCUT2D eigenvalue weighted by atomic mass is 19.1. The molecule has 1 aromatic carbocycles. The Kier molecular flexibility index (Phi) is 2.40. The van der Waals surface area contributed by atoms with Gasteiger partial charge in [-0.2, -0.15) is 0 Å². The number of carboxylic acid groups (broad SMARTS) is 1. The van der Waals surface area contributed by atoms with E-state index in [1.54, 1.807) is 6.07 Å². The van der Waals surface area contributed by atoms with Crippen molar-refractivity contribution in [2.45, 2.75) is 0 Å². The second kappa shape index (κ2) is 3.73. The number of hydrogen-bond donors (Lipinski definition) is 2. The molecule has 2 N–H and O–H groups in total. The van der Waals surface area contributed by atoms with E-state index in [0.29, 0.717) is 5.52 Å². The lowest BCUT2D eigenvalue weighted by Gasteiger charge is -2.00. The van der Waals surface area contributed by atoms with E-state index in [9.17, 15) is 9.18 Å². The molecule has 0 atom stereocenters. The number of halogens is 1. The van der Waals surface area contributed by atoms with Gasteiger partial charge in [-0.05, 0) is 12.1 Å². The summed E-state index contributed by atoms with van der Waals surface area (Å²) >= 11 is 0. The number of ether oxygens (including phenoxy) is 2. The molecule has 0 amide bonds. The fourth-order valence-electron chi connectivity index (χ4n) is 1.51. The van der Waals surface area contributed by atoms with E-state index in [1.165, 1.54) is 19.2 Å². The fourth-order valence-corrected chi connectivity index (χ4v) is 1.51. The van der Waals surface area contributed by atoms with Crippen LogP contribution < -0.4 is 9.47 Å². The van der Waals surface area contributed by atoms with Crippen LogP contribution in [0.2, 0.25) is 0 Å². The van der Waals surface area contributed by atoms with Crippen LogP contribution in [-0.2, 0) is 0 Å². The van der Waals surface area contributed by atoms with Crippen molar-refractivity contribution in [1.29, 1.82) is 0 Å². The number of hydrogen-bond acceptors (Lipinski definition) is 3. The van der Waals surface area contributed by atoms with Crippen LogP contribution in [0.25, 0.3) is 10.9 Å². The maximum absolute atomic E-state index is 13.5. The minimum atomic E-state index is -1.50. The highest BCUT2D eigenvalue weighted by molar-refractivity contribution is 5.90. The van der Waals surface area contributed by atoms with Gasteiger partial charge in [-0.1, -0.05) is 6.07 Å². The zero-order chi connectivity index (χ0) is 11.7. The largest absolute Gasteiger partial charge is 0.512 e. The average Bonchev–Trinajstić information content (AvgIpc) is 2.55. The fraction of sp³-hybridized carbons (Fsp3) is 0.100. The van der Waals surface area contributed by atoms with Crippen molar-refractivity contribution < 1.29 is 23.8 Å². The number of methoxy groups -OCH3 is 1. The van der Waals surface area contributed by atoms with E-state index in [-0.39, 0.29) is 17.0 Å². The number of benzene rings is 1. The molecular weight excluding hydrogens is 217 g/mol. The Labute approximate surface area is 89.4 Å². The van der Waals surface area contributed by atoms with E-state index in [2.05, 4.69) is 9.72 Å². The molecule has 16 heavy (non-hydrogen) atoms. The molecule has 5 nitrogen and oxygen atoms in total. The van der Waals surface area contributed by atoms with Crippen molar-refractivity contribution in [3.63, 3.8) is 0 Å². The van der Waals surface area contributed by atoms with Gasteiger partial charge in [0.15, 0.2) is 5.75 Å². The molecule has 0 radical (unpaired) electrons. The summed E-state index contributed by atoms with van der Waals surface area (Å²) in [6, 6.07) is 4.34. The lowest BCUT2D eigenvalue weighted by atomic mass is 10.2. The van der Waals surface area contributed by atoms with Crippen LogP contribution in [0.1, 0.15) is 0 Å². The van der Waals surface area contributed by atoms with Crippen LogP contribution >= 0.6 is 0 Å². The Balaban J connectivity index is 2.67. The first-order valence-corrected chi connectivity index (χ1v) is 4.38. The Morgan fingerprint density at radius 2 is 2.25 bits per heavy atom. The predicted octanol–water partition coefficient (Wildman–Crippen LogP) is 2.37. The molecule has 0 spiro atoms. The highest BCUT2D eigenvalue weighted by Crippen LogP contribution is 2.37. The van der Waals surface area contributed by atoms with Gasteiger partial charge in [-0.25, -0.2) is 9.18 Å². The molecule has 0 saturated heterocycles. The van der Waals surface area contributed by atoms with Crippen LogP contribution in [0.5, 0.6) is 11.6 Å². The maximum atomic E-state index is 13.5. The standard InChI is InChI=1S/C10H8FNO4/c1-15-8-7-5(11)3-2-4-6(7)12-9(8)16-10(13)14/h2-4,12H,1H3,(H,13,14). The summed E-state index contributed by atoms with van der Waals surface area (Å²) in [5.41, 5.74) is 0.410. The van der Waals surface area contributed by atoms with Gasteiger partial charge >= 0.3 is 6.16 Å². The Morgan fingerprint density at radius 3 is 2.88 bits per heavy atom. The van der Waals surface area contributed by atoms with E-state index < -0.39 is 12.0 Å². The number of aromatic amines is 1. The topological polar surface area (TPSA) is 71.6 Å². The summed E-state index contributed by atoms with van der Waals surface area (Å²) in [6.07, 6.45) is -1.50. The van der Waals surface area contributed by atoms with Crippen LogP contribution in [0.4, 0.5) is 9.18 Å². The van der Waals surface area contributed by atoms with Gasteiger partial charge in [-0.15, -0.1) is 0 Å². The van der Waals surface area contributed by atoms with Crippen LogP contribution in [-0.4, -0.2) is 23.4 Å². The van der Waals surface area contributed by atoms with Crippen molar-refractivity contribution in [2.75, 3.05) is 7.11 Å². The molecular formula is C10H8FNO4. The third-order valence-corrected chi connectivity index (χ3v) is 2.09. The first kappa shape index (κ1) is 10.3. The smallest absolute Gasteiger partial charge is 0.491 e. The summed E-state index contributed by atoms with van der Waals surface area (Å²) in [7, 11) is 1.31. The molecule has 1 heterocycles. The molecule has 0 aliphatic carbocycles. The normalized spacial score (nSPS) is 10.4. The molecule has 0 unspecified atom stereocenters. The summed E-state index contributed by atoms with van der Waals surface area (Å²) in [5.74, 6) is -0.601. The Morgan fingerprint density at radius 1 is 1.50 bits per heavy atom. The minimum Gasteiger partial charge on any atom is -0.491 e. The van der Waals surface area contributed by atoms with Gasteiger partial charge in [-0.3, -0.25) is 0 Å². The third-order valence-electron chi connectivity index (χ3n) is 2.09. The van der Waals surface area contributed by atoms with Gasteiger partial charge in [0.05, 0.1) is 18.0 Å². The van der Waals surface area contributed by atoms with Crippen molar-refractivity contribution in [3.8, 4) is 11.6 Å². The number of fused-ring (bicyclic) bond motifs is 1. The third kappa shape index (κ3) is 1.54. The second-order valence-electron chi connectivity index (χ2n) is 3.02. The number of aromatic nitrogens is 1. The van der Waals surface area contributed by atoms with Gasteiger partial charge in [0.25, 0.3) is 0 Å². The maximum Gasteiger partial charge on any atom is 0.512 e. The van der Waals surface area contributed by atoms with E-state index >= 15 is 0 Å². The number of carbonyl (C=O) groups is 1. The molecule has 6 heteroatoms. The molecule has 0 bridgehead atoms. The first-order chi connectivity index (χ1) is 7.63. The van der Waals surface area contributed by atoms with Crippen LogP contribution in [0, 0.1) is 5.82 Å². The van der Waals surface area contributed by atoms with Gasteiger partial charge < -0.3 is 19.6 Å². The van der Waals surface area contributed by atoms with Crippen molar-refractivity contribution in [2.24, 2.45) is 0 Å². The number of rotatable bonds is 2. The average molecular weight is 225 g/mol. The summed E-state index contributed by atoms with van der Waals surface area (Å²) in [6.45, 7) is 0. The van der Waals surface area contributed by atoms with Crippen LogP contribution in [0.3, 0.4) is 0 Å². The van der Waals surface area contributed by atoms with E-state index in [1.807, 2.05) is 0 Å². The molecule has 2 rings (SSSR count). The van der Waals surface area contributed by atoms with E-state index in [0.717, 1.165) is 0 Å². The Bertz CT molecular complexity index is 549. The number of nitrogens with one attached hydrogen (secondary N) is 1. The Hall–Kier alpha value is -2.24. The second-order valence-corrected chi connectivity index (χ2v) is 3.02. The van der Waals surface area contributed by atoms with E-state index in [4.69, 9.17) is 9.84 Å². The monoisotopic (exact) mass is 225 g/mol. The van der Waals surface area contributed by atoms with Gasteiger partial charge in [0.2, 0.25) is 5.88 Å². The van der Waals surface area contributed by atoms with Crippen molar-refractivity contribution in [1.82, 2.24) is 4.98 Å². The predicted molar refractivity (Wildman–Crippen MR) is 53.5 cm³/mol. The quantitative estimate of drug-likeness (QED) is 0.769. The zero-order valence-electron chi connectivity index (χ0n) is 8.28. The summed E-state index contributed by atoms with van der Waals surface area (Å²) in [4.78, 5) is 13.0. The molecule has 0 aliphatic heterocycles. The number of H-pyrrole nitrogens is 1. The van der Waals surface area contributed by atoms with Crippen molar-refractivity contribution in [3.05, 3.63) is 24.0 Å². The van der Waals surface area contributed by atoms with Crippen LogP contribution in [0.15, 0.2) is 18.2 Å². The lowest BCUT2D eigenvalue weighted by molar-refractivity contribution is 0.141. The molecule has 0 saturated carbocycles. The first-order valence-electron chi connectivity index (χ1n) is 4.38. The summed E-state index contributed by atoms with van der Waals surface area (Å²) in [5, 5.41) is 8.66. The molecule has 1 aromatic heterocycles. The molecule has 2 aromatic rings. The minimum absolute atomic E-state index is 0.0375. The highest BCUT2D eigenvalue weighted by Gasteiger charge is 2.18. The lowest BCUT2D eigenvalue weighted by Crippen LogP contribution is -2.04. The zero-order valence-corrected chi connectivity index (χ0v) is 8.28. The SMILES string of the molecule is COc1c(OC(=O)O)[nH]c2cccc(F)c12. The van der Waals surface area contributed by atoms with Gasteiger partial charge in [0, 0.05) is 0 Å². The van der Waals surface area contributed by atoms with Crippen molar-refractivity contribution >= 4 is 17.1 Å². The molecule has 84 valence electrons. The molecule has 0 fully saturated rings. The summed E-state index contributed by atoms with van der Waals surface area (Å²) < 4.78 is 22.8. The van der Waals surface area contributed by atoms with Gasteiger partial charge in [0.1, 0.15) is 5.82 Å². The molecule has 0 aliphatic rings.